The quantitative estimate of drug-likeness (QED) is 0.883. The van der Waals surface area contributed by atoms with Gasteiger partial charge in [-0.1, -0.05) is 11.6 Å². The molecule has 0 atom stereocenters. The molecule has 4 nitrogen and oxygen atoms in total. The number of benzene rings is 1. The van der Waals surface area contributed by atoms with Gasteiger partial charge in [0.05, 0.1) is 8.66 Å². The molecule has 0 saturated carbocycles. The van der Waals surface area contributed by atoms with Gasteiger partial charge in [0.2, 0.25) is 0 Å². The van der Waals surface area contributed by atoms with Crippen molar-refractivity contribution in [2.45, 2.75) is 0 Å². The van der Waals surface area contributed by atoms with E-state index < -0.39 is 12.5 Å². The van der Waals surface area contributed by atoms with Crippen LogP contribution < -0.4 is 4.90 Å². The normalized spacial score (nSPS) is 10.3. The van der Waals surface area contributed by atoms with Crippen LogP contribution >= 0.6 is 38.9 Å². The third-order valence-corrected chi connectivity index (χ3v) is 4.32. The molecule has 0 saturated heterocycles. The fraction of sp³-hybridized carbons (Fsp3) is 0.0769. The van der Waals surface area contributed by atoms with Gasteiger partial charge in [-0.2, -0.15) is 0 Å². The largest absolute Gasteiger partial charge is 0.480 e. The number of halogens is 2. The lowest BCUT2D eigenvalue weighted by Gasteiger charge is -2.20. The van der Waals surface area contributed by atoms with Crippen molar-refractivity contribution >= 4 is 56.4 Å². The Morgan fingerprint density at radius 1 is 1.20 bits per heavy atom. The summed E-state index contributed by atoms with van der Waals surface area (Å²) in [6, 6.07) is 9.87. The number of carbonyl (C=O) groups excluding carboxylic acids is 1. The second-order valence-electron chi connectivity index (χ2n) is 3.87. The molecule has 2 rings (SSSR count). The van der Waals surface area contributed by atoms with Crippen molar-refractivity contribution in [3.63, 3.8) is 0 Å². The Kier molecular flexibility index (Phi) is 4.80. The zero-order valence-corrected chi connectivity index (χ0v) is 13.2. The van der Waals surface area contributed by atoms with Gasteiger partial charge in [-0.05, 0) is 52.3 Å². The minimum absolute atomic E-state index is 0.356. The maximum atomic E-state index is 12.4. The van der Waals surface area contributed by atoms with E-state index in [2.05, 4.69) is 15.9 Å². The molecule has 1 N–H and O–H groups in total. The lowest BCUT2D eigenvalue weighted by Crippen LogP contribution is -2.35. The van der Waals surface area contributed by atoms with Crippen LogP contribution in [0.4, 0.5) is 5.69 Å². The number of carbonyl (C=O) groups is 2. The molecule has 104 valence electrons. The topological polar surface area (TPSA) is 57.6 Å². The number of nitrogens with zero attached hydrogens (tertiary/aromatic N) is 1. The van der Waals surface area contributed by atoms with E-state index in [1.54, 1.807) is 36.4 Å². The number of aliphatic carboxylic acids is 1. The van der Waals surface area contributed by atoms with Gasteiger partial charge >= 0.3 is 5.97 Å². The van der Waals surface area contributed by atoms with Gasteiger partial charge < -0.3 is 5.11 Å². The molecule has 0 aliphatic rings. The Bertz CT molecular complexity index is 641. The van der Waals surface area contributed by atoms with Gasteiger partial charge in [-0.25, -0.2) is 0 Å². The smallest absolute Gasteiger partial charge is 0.323 e. The fourth-order valence-corrected chi connectivity index (χ4v) is 3.06. The molecule has 1 aromatic carbocycles. The van der Waals surface area contributed by atoms with Crippen LogP contribution in [0.5, 0.6) is 0 Å². The third kappa shape index (κ3) is 3.59. The van der Waals surface area contributed by atoms with Crippen LogP contribution in [0, 0.1) is 0 Å². The molecular weight excluding hydrogens is 366 g/mol. The van der Waals surface area contributed by atoms with Gasteiger partial charge in [-0.15, -0.1) is 11.3 Å². The highest BCUT2D eigenvalue weighted by Crippen LogP contribution is 2.26. The molecule has 20 heavy (non-hydrogen) atoms. The molecular formula is C13H9BrClNO3S. The van der Waals surface area contributed by atoms with Crippen molar-refractivity contribution in [1.29, 1.82) is 0 Å². The van der Waals surface area contributed by atoms with E-state index in [-0.39, 0.29) is 5.91 Å². The summed E-state index contributed by atoms with van der Waals surface area (Å²) in [7, 11) is 0. The molecule has 0 unspecified atom stereocenters. The number of rotatable bonds is 4. The minimum Gasteiger partial charge on any atom is -0.480 e. The SMILES string of the molecule is O=C(O)CN(C(=O)c1ccc(Br)s1)c1ccc(Cl)cc1. The van der Waals surface area contributed by atoms with E-state index >= 15 is 0 Å². The average Bonchev–Trinajstić information content (AvgIpc) is 2.83. The predicted octanol–water partition coefficient (Wildman–Crippen LogP) is 3.90. The summed E-state index contributed by atoms with van der Waals surface area (Å²) in [6.07, 6.45) is 0. The van der Waals surface area contributed by atoms with Crippen LogP contribution in [0.1, 0.15) is 9.67 Å². The van der Waals surface area contributed by atoms with Crippen molar-refractivity contribution < 1.29 is 14.7 Å². The maximum absolute atomic E-state index is 12.4. The van der Waals surface area contributed by atoms with Gasteiger partial charge in [0.15, 0.2) is 0 Å². The van der Waals surface area contributed by atoms with Crippen molar-refractivity contribution in [1.82, 2.24) is 0 Å². The molecule has 1 heterocycles. The van der Waals surface area contributed by atoms with Crippen LogP contribution in [0.25, 0.3) is 0 Å². The van der Waals surface area contributed by atoms with Crippen LogP contribution in [-0.4, -0.2) is 23.5 Å². The Morgan fingerprint density at radius 3 is 2.35 bits per heavy atom. The molecule has 0 fully saturated rings. The van der Waals surface area contributed by atoms with E-state index in [0.29, 0.717) is 15.6 Å². The lowest BCUT2D eigenvalue weighted by atomic mass is 10.2. The lowest BCUT2D eigenvalue weighted by molar-refractivity contribution is -0.135. The monoisotopic (exact) mass is 373 g/mol. The summed E-state index contributed by atoms with van der Waals surface area (Å²) >= 11 is 10.3. The van der Waals surface area contributed by atoms with Crippen molar-refractivity contribution in [3.8, 4) is 0 Å². The van der Waals surface area contributed by atoms with Crippen molar-refractivity contribution in [2.75, 3.05) is 11.4 Å². The second-order valence-corrected chi connectivity index (χ2v) is 6.76. The van der Waals surface area contributed by atoms with E-state index in [1.165, 1.54) is 16.2 Å². The molecule has 0 spiro atoms. The Hall–Kier alpha value is -1.37. The van der Waals surface area contributed by atoms with Gasteiger partial charge in [0, 0.05) is 10.7 Å². The summed E-state index contributed by atoms with van der Waals surface area (Å²) in [5.74, 6) is -1.44. The maximum Gasteiger partial charge on any atom is 0.323 e. The first-order valence-electron chi connectivity index (χ1n) is 5.52. The summed E-state index contributed by atoms with van der Waals surface area (Å²) in [6.45, 7) is -0.407. The van der Waals surface area contributed by atoms with E-state index in [1.807, 2.05) is 0 Å². The third-order valence-electron chi connectivity index (χ3n) is 2.46. The molecule has 7 heteroatoms. The first-order valence-corrected chi connectivity index (χ1v) is 7.50. The van der Waals surface area contributed by atoms with E-state index in [9.17, 15) is 9.59 Å². The van der Waals surface area contributed by atoms with Gasteiger partial charge in [0.25, 0.3) is 5.91 Å². The number of anilines is 1. The first kappa shape index (κ1) is 15.0. The molecule has 0 radical (unpaired) electrons. The summed E-state index contributed by atoms with van der Waals surface area (Å²) < 4.78 is 0.812. The molecule has 1 aromatic heterocycles. The number of thiophene rings is 1. The van der Waals surface area contributed by atoms with Crippen LogP contribution in [0.3, 0.4) is 0 Å². The van der Waals surface area contributed by atoms with Crippen molar-refractivity contribution in [2.24, 2.45) is 0 Å². The fourth-order valence-electron chi connectivity index (χ4n) is 1.60. The Morgan fingerprint density at radius 2 is 1.85 bits per heavy atom. The molecule has 1 amide bonds. The Labute approximate surface area is 132 Å². The van der Waals surface area contributed by atoms with Gasteiger partial charge in [-0.3, -0.25) is 14.5 Å². The molecule has 0 bridgehead atoms. The highest BCUT2D eigenvalue weighted by molar-refractivity contribution is 9.11. The second kappa shape index (κ2) is 6.39. The predicted molar refractivity (Wildman–Crippen MR) is 82.8 cm³/mol. The standard InChI is InChI=1S/C13H9BrClNO3S/c14-11-6-5-10(20-11)13(19)16(7-12(17)18)9-3-1-8(15)2-4-9/h1-6H,7H2,(H,17,18). The number of hydrogen-bond donors (Lipinski definition) is 1. The number of carboxylic acid groups (broad SMARTS) is 1. The zero-order chi connectivity index (χ0) is 14.7. The summed E-state index contributed by atoms with van der Waals surface area (Å²) in [5, 5.41) is 9.50. The average molecular weight is 375 g/mol. The zero-order valence-electron chi connectivity index (χ0n) is 10.0. The van der Waals surface area contributed by atoms with Crippen LogP contribution in [0.15, 0.2) is 40.2 Å². The Balaban J connectivity index is 2.34. The highest BCUT2D eigenvalue weighted by Gasteiger charge is 2.21. The molecule has 0 aliphatic carbocycles. The summed E-state index contributed by atoms with van der Waals surface area (Å²) in [4.78, 5) is 25.0. The van der Waals surface area contributed by atoms with E-state index in [4.69, 9.17) is 16.7 Å². The van der Waals surface area contributed by atoms with Gasteiger partial charge in [0.1, 0.15) is 6.54 Å². The van der Waals surface area contributed by atoms with Crippen molar-refractivity contribution in [3.05, 3.63) is 50.1 Å². The van der Waals surface area contributed by atoms with E-state index in [0.717, 1.165) is 3.79 Å². The molecule has 2 aromatic rings. The number of hydrogen-bond acceptors (Lipinski definition) is 3. The minimum atomic E-state index is -1.08. The number of amides is 1. The van der Waals surface area contributed by atoms with Crippen LogP contribution in [0.2, 0.25) is 5.02 Å². The molecule has 0 aliphatic heterocycles. The first-order chi connectivity index (χ1) is 9.47. The van der Waals surface area contributed by atoms with Crippen LogP contribution in [-0.2, 0) is 4.79 Å². The number of carboxylic acids is 1. The summed E-state index contributed by atoms with van der Waals surface area (Å²) in [5.41, 5.74) is 0.492. The highest BCUT2D eigenvalue weighted by atomic mass is 79.9.